The van der Waals surface area contributed by atoms with Crippen LogP contribution in [0.2, 0.25) is 0 Å². The molecule has 0 radical (unpaired) electrons. The van der Waals surface area contributed by atoms with Gasteiger partial charge in [-0.1, -0.05) is 13.0 Å². The summed E-state index contributed by atoms with van der Waals surface area (Å²) in [5.41, 5.74) is 2.48. The molecule has 0 bridgehead atoms. The molecule has 0 aliphatic heterocycles. The summed E-state index contributed by atoms with van der Waals surface area (Å²) in [6.45, 7) is 6.49. The van der Waals surface area contributed by atoms with Crippen LogP contribution in [0.4, 0.5) is 0 Å². The van der Waals surface area contributed by atoms with E-state index in [1.165, 1.54) is 0 Å². The molecule has 1 N–H and O–H groups in total. The van der Waals surface area contributed by atoms with E-state index in [1.807, 2.05) is 25.1 Å². The Kier molecular flexibility index (Phi) is 4.58. The monoisotopic (exact) mass is 273 g/mol. The number of aryl methyl sites for hydroxylation is 1. The molecule has 0 atom stereocenters. The first-order valence-corrected chi connectivity index (χ1v) is 6.67. The minimum Gasteiger partial charge on any atom is -0.478 e. The lowest BCUT2D eigenvalue weighted by atomic mass is 10.0. The van der Waals surface area contributed by atoms with Gasteiger partial charge in [0.05, 0.1) is 18.4 Å². The highest BCUT2D eigenvalue weighted by atomic mass is 16.4. The topological polar surface area (TPSA) is 53.7 Å². The third kappa shape index (κ3) is 3.48. The van der Waals surface area contributed by atoms with E-state index in [4.69, 9.17) is 9.52 Å². The first kappa shape index (κ1) is 14.3. The Balaban J connectivity index is 2.09. The van der Waals surface area contributed by atoms with Crippen LogP contribution in [-0.4, -0.2) is 22.5 Å². The van der Waals surface area contributed by atoms with Gasteiger partial charge in [0.15, 0.2) is 0 Å². The van der Waals surface area contributed by atoms with Crippen molar-refractivity contribution >= 4 is 5.97 Å². The molecule has 2 aromatic rings. The third-order valence-electron chi connectivity index (χ3n) is 3.39. The van der Waals surface area contributed by atoms with Crippen LogP contribution in [0.1, 0.15) is 34.2 Å². The van der Waals surface area contributed by atoms with Crippen LogP contribution in [0, 0.1) is 6.92 Å². The highest BCUT2D eigenvalue weighted by Crippen LogP contribution is 2.15. The number of carbonyl (C=O) groups is 1. The van der Waals surface area contributed by atoms with Crippen LogP contribution in [-0.2, 0) is 13.1 Å². The van der Waals surface area contributed by atoms with E-state index in [0.717, 1.165) is 36.5 Å². The zero-order chi connectivity index (χ0) is 14.5. The molecule has 0 unspecified atom stereocenters. The van der Waals surface area contributed by atoms with Crippen molar-refractivity contribution in [2.75, 3.05) is 6.54 Å². The number of furan rings is 1. The summed E-state index contributed by atoms with van der Waals surface area (Å²) in [6.07, 6.45) is 1.68. The average Bonchev–Trinajstić information content (AvgIpc) is 2.92. The zero-order valence-electron chi connectivity index (χ0n) is 11.8. The summed E-state index contributed by atoms with van der Waals surface area (Å²) >= 11 is 0. The Labute approximate surface area is 118 Å². The molecule has 0 saturated carbocycles. The molecule has 1 heterocycles. The summed E-state index contributed by atoms with van der Waals surface area (Å²) in [4.78, 5) is 13.2. The molecule has 0 amide bonds. The predicted molar refractivity (Wildman–Crippen MR) is 76.6 cm³/mol. The second kappa shape index (κ2) is 6.39. The molecule has 2 rings (SSSR count). The van der Waals surface area contributed by atoms with E-state index < -0.39 is 5.97 Å². The number of carboxylic acids is 1. The first-order chi connectivity index (χ1) is 9.60. The molecule has 4 nitrogen and oxygen atoms in total. The van der Waals surface area contributed by atoms with Gasteiger partial charge in [-0.25, -0.2) is 4.79 Å². The van der Waals surface area contributed by atoms with Gasteiger partial charge in [0.2, 0.25) is 0 Å². The number of carboxylic acid groups (broad SMARTS) is 1. The van der Waals surface area contributed by atoms with Gasteiger partial charge in [-0.2, -0.15) is 0 Å². The smallest absolute Gasteiger partial charge is 0.335 e. The van der Waals surface area contributed by atoms with Crippen LogP contribution in [0.25, 0.3) is 0 Å². The summed E-state index contributed by atoms with van der Waals surface area (Å²) in [7, 11) is 0. The van der Waals surface area contributed by atoms with E-state index in [9.17, 15) is 4.79 Å². The SMILES string of the molecule is CCN(Cc1ccco1)Cc1ccc(C(=O)O)cc1C. The number of nitrogens with zero attached hydrogens (tertiary/aromatic N) is 1. The normalized spacial score (nSPS) is 10.9. The van der Waals surface area contributed by atoms with Crippen molar-refractivity contribution in [3.05, 3.63) is 59.0 Å². The predicted octanol–water partition coefficient (Wildman–Crippen LogP) is 3.31. The minimum absolute atomic E-state index is 0.334. The largest absolute Gasteiger partial charge is 0.478 e. The first-order valence-electron chi connectivity index (χ1n) is 6.67. The molecule has 0 aliphatic carbocycles. The van der Waals surface area contributed by atoms with Gasteiger partial charge in [0.1, 0.15) is 5.76 Å². The molecule has 1 aromatic carbocycles. The maximum Gasteiger partial charge on any atom is 0.335 e. The van der Waals surface area contributed by atoms with Gasteiger partial charge in [-0.05, 0) is 48.9 Å². The van der Waals surface area contributed by atoms with Crippen molar-refractivity contribution in [3.8, 4) is 0 Å². The van der Waals surface area contributed by atoms with Crippen molar-refractivity contribution in [3.63, 3.8) is 0 Å². The van der Waals surface area contributed by atoms with E-state index in [-0.39, 0.29) is 0 Å². The highest BCUT2D eigenvalue weighted by molar-refractivity contribution is 5.87. The molecular weight excluding hydrogens is 254 g/mol. The van der Waals surface area contributed by atoms with Gasteiger partial charge < -0.3 is 9.52 Å². The van der Waals surface area contributed by atoms with Crippen LogP contribution in [0.5, 0.6) is 0 Å². The molecule has 106 valence electrons. The van der Waals surface area contributed by atoms with E-state index in [2.05, 4.69) is 11.8 Å². The quantitative estimate of drug-likeness (QED) is 0.877. The molecule has 0 aliphatic rings. The zero-order valence-corrected chi connectivity index (χ0v) is 11.8. The lowest BCUT2D eigenvalue weighted by Gasteiger charge is -2.20. The van der Waals surface area contributed by atoms with Crippen LogP contribution >= 0.6 is 0 Å². The number of benzene rings is 1. The van der Waals surface area contributed by atoms with E-state index >= 15 is 0 Å². The second-order valence-electron chi connectivity index (χ2n) is 4.83. The van der Waals surface area contributed by atoms with Gasteiger partial charge >= 0.3 is 5.97 Å². The van der Waals surface area contributed by atoms with E-state index in [0.29, 0.717) is 5.56 Å². The summed E-state index contributed by atoms with van der Waals surface area (Å²) in [5, 5.41) is 8.98. The Bertz CT molecular complexity index is 575. The Morgan fingerprint density at radius 3 is 2.65 bits per heavy atom. The van der Waals surface area contributed by atoms with Crippen LogP contribution in [0.3, 0.4) is 0 Å². The Morgan fingerprint density at radius 2 is 2.10 bits per heavy atom. The summed E-state index contributed by atoms with van der Waals surface area (Å²) in [5.74, 6) is 0.0502. The van der Waals surface area contributed by atoms with Crippen molar-refractivity contribution in [1.82, 2.24) is 4.90 Å². The number of hydrogen-bond donors (Lipinski definition) is 1. The second-order valence-corrected chi connectivity index (χ2v) is 4.83. The lowest BCUT2D eigenvalue weighted by Crippen LogP contribution is -2.22. The molecule has 0 fully saturated rings. The summed E-state index contributed by atoms with van der Waals surface area (Å²) < 4.78 is 5.36. The standard InChI is InChI=1S/C16H19NO3/c1-3-17(11-15-5-4-8-20-15)10-14-7-6-13(16(18)19)9-12(14)2/h4-9H,3,10-11H2,1-2H3,(H,18,19). The number of rotatable bonds is 6. The fourth-order valence-electron chi connectivity index (χ4n) is 2.15. The fourth-order valence-corrected chi connectivity index (χ4v) is 2.15. The van der Waals surface area contributed by atoms with Gasteiger partial charge in [-0.3, -0.25) is 4.90 Å². The Morgan fingerprint density at radius 1 is 1.30 bits per heavy atom. The number of aromatic carboxylic acids is 1. The lowest BCUT2D eigenvalue weighted by molar-refractivity contribution is 0.0696. The van der Waals surface area contributed by atoms with Crippen molar-refractivity contribution < 1.29 is 14.3 Å². The van der Waals surface area contributed by atoms with Crippen LogP contribution in [0.15, 0.2) is 41.0 Å². The van der Waals surface area contributed by atoms with Crippen molar-refractivity contribution in [2.24, 2.45) is 0 Å². The van der Waals surface area contributed by atoms with Crippen LogP contribution < -0.4 is 0 Å². The fraction of sp³-hybridized carbons (Fsp3) is 0.312. The number of hydrogen-bond acceptors (Lipinski definition) is 3. The average molecular weight is 273 g/mol. The molecule has 0 saturated heterocycles. The molecule has 1 aromatic heterocycles. The Hall–Kier alpha value is -2.07. The minimum atomic E-state index is -0.886. The highest BCUT2D eigenvalue weighted by Gasteiger charge is 2.10. The molecule has 4 heteroatoms. The van der Waals surface area contributed by atoms with Gasteiger partial charge in [0, 0.05) is 6.54 Å². The molecular formula is C16H19NO3. The van der Waals surface area contributed by atoms with Gasteiger partial charge in [0.25, 0.3) is 0 Å². The van der Waals surface area contributed by atoms with E-state index in [1.54, 1.807) is 18.4 Å². The maximum absolute atomic E-state index is 10.9. The molecule has 20 heavy (non-hydrogen) atoms. The van der Waals surface area contributed by atoms with Gasteiger partial charge in [-0.15, -0.1) is 0 Å². The summed E-state index contributed by atoms with van der Waals surface area (Å²) in [6, 6.07) is 9.12. The third-order valence-corrected chi connectivity index (χ3v) is 3.39. The molecule has 0 spiro atoms. The van der Waals surface area contributed by atoms with Crippen molar-refractivity contribution in [2.45, 2.75) is 26.9 Å². The maximum atomic E-state index is 10.9. The van der Waals surface area contributed by atoms with Crippen molar-refractivity contribution in [1.29, 1.82) is 0 Å².